The van der Waals surface area contributed by atoms with Crippen molar-refractivity contribution in [2.45, 2.75) is 57.4 Å². The van der Waals surface area contributed by atoms with Gasteiger partial charge in [-0.1, -0.05) is 55.8 Å². The first kappa shape index (κ1) is 14.8. The molecule has 3 N–H and O–H groups in total. The maximum absolute atomic E-state index is 6.05. The summed E-state index contributed by atoms with van der Waals surface area (Å²) in [6, 6.07) is 8.50. The van der Waals surface area contributed by atoms with Crippen LogP contribution in [0.2, 0.25) is 5.02 Å². The van der Waals surface area contributed by atoms with Gasteiger partial charge < -0.3 is 0 Å². The van der Waals surface area contributed by atoms with Crippen molar-refractivity contribution in [3.05, 3.63) is 34.9 Å². The second kappa shape index (κ2) is 7.88. The Morgan fingerprint density at radius 3 is 2.47 bits per heavy atom. The van der Waals surface area contributed by atoms with E-state index < -0.39 is 0 Å². The van der Waals surface area contributed by atoms with Crippen LogP contribution in [0.4, 0.5) is 0 Å². The SMILES string of the molecule is NNC(Cc1cccc(Cl)c1)C1CCCCCCC1. The van der Waals surface area contributed by atoms with E-state index in [2.05, 4.69) is 17.6 Å². The van der Waals surface area contributed by atoms with Crippen LogP contribution in [0.25, 0.3) is 0 Å². The summed E-state index contributed by atoms with van der Waals surface area (Å²) in [5.41, 5.74) is 4.32. The smallest absolute Gasteiger partial charge is 0.0408 e. The van der Waals surface area contributed by atoms with Crippen molar-refractivity contribution >= 4 is 11.6 Å². The van der Waals surface area contributed by atoms with E-state index in [1.807, 2.05) is 12.1 Å². The number of halogens is 1. The van der Waals surface area contributed by atoms with Gasteiger partial charge in [0.25, 0.3) is 0 Å². The number of hydrazine groups is 1. The maximum atomic E-state index is 6.05. The molecule has 1 saturated carbocycles. The number of hydrogen-bond donors (Lipinski definition) is 2. The molecule has 0 saturated heterocycles. The van der Waals surface area contributed by atoms with Crippen LogP contribution in [0, 0.1) is 5.92 Å². The molecule has 1 fully saturated rings. The maximum Gasteiger partial charge on any atom is 0.0408 e. The highest BCUT2D eigenvalue weighted by Crippen LogP contribution is 2.26. The molecule has 1 unspecified atom stereocenters. The van der Waals surface area contributed by atoms with Crippen molar-refractivity contribution < 1.29 is 0 Å². The Hall–Kier alpha value is -0.570. The molecule has 1 aromatic rings. The summed E-state index contributed by atoms with van der Waals surface area (Å²) in [6.45, 7) is 0. The first-order valence-corrected chi connectivity index (χ1v) is 7.88. The number of nitrogens with one attached hydrogen (secondary N) is 1. The van der Waals surface area contributed by atoms with Crippen molar-refractivity contribution in [3.8, 4) is 0 Å². The summed E-state index contributed by atoms with van der Waals surface area (Å²) >= 11 is 6.05. The number of hydrogen-bond acceptors (Lipinski definition) is 2. The number of nitrogens with two attached hydrogens (primary N) is 1. The Labute approximate surface area is 121 Å². The van der Waals surface area contributed by atoms with Crippen LogP contribution in [0.1, 0.15) is 50.5 Å². The molecule has 1 aliphatic rings. The molecule has 0 heterocycles. The summed E-state index contributed by atoms with van der Waals surface area (Å²) in [6.07, 6.45) is 10.4. The van der Waals surface area contributed by atoms with Gasteiger partial charge in [0, 0.05) is 11.1 Å². The molecule has 2 rings (SSSR count). The van der Waals surface area contributed by atoms with E-state index in [9.17, 15) is 0 Å². The van der Waals surface area contributed by atoms with Gasteiger partial charge >= 0.3 is 0 Å². The third kappa shape index (κ3) is 4.79. The molecule has 19 heavy (non-hydrogen) atoms. The third-order valence-corrected chi connectivity index (χ3v) is 4.51. The summed E-state index contributed by atoms with van der Waals surface area (Å²) < 4.78 is 0. The molecular formula is C16H25ClN2. The quantitative estimate of drug-likeness (QED) is 0.644. The molecule has 0 aromatic heterocycles. The Kier molecular flexibility index (Phi) is 6.15. The molecule has 0 bridgehead atoms. The lowest BCUT2D eigenvalue weighted by Gasteiger charge is -2.28. The molecular weight excluding hydrogens is 256 g/mol. The van der Waals surface area contributed by atoms with Crippen molar-refractivity contribution in [1.82, 2.24) is 5.43 Å². The molecule has 0 amide bonds. The average molecular weight is 281 g/mol. The van der Waals surface area contributed by atoms with Crippen molar-refractivity contribution in [1.29, 1.82) is 0 Å². The Morgan fingerprint density at radius 2 is 1.84 bits per heavy atom. The monoisotopic (exact) mass is 280 g/mol. The summed E-state index contributed by atoms with van der Waals surface area (Å²) in [7, 11) is 0. The number of rotatable bonds is 4. The molecule has 106 valence electrons. The van der Waals surface area contributed by atoms with E-state index in [0.29, 0.717) is 12.0 Å². The van der Waals surface area contributed by atoms with Crippen LogP contribution >= 0.6 is 11.6 Å². The van der Waals surface area contributed by atoms with E-state index in [1.54, 1.807) is 0 Å². The van der Waals surface area contributed by atoms with Gasteiger partial charge in [0.2, 0.25) is 0 Å². The van der Waals surface area contributed by atoms with Crippen LogP contribution < -0.4 is 11.3 Å². The Bertz CT molecular complexity index is 373. The Morgan fingerprint density at radius 1 is 1.16 bits per heavy atom. The molecule has 3 heteroatoms. The van der Waals surface area contributed by atoms with Crippen LogP contribution in [0.3, 0.4) is 0 Å². The van der Waals surface area contributed by atoms with E-state index in [4.69, 9.17) is 17.4 Å². The van der Waals surface area contributed by atoms with Gasteiger partial charge in [-0.25, -0.2) is 0 Å². The lowest BCUT2D eigenvalue weighted by atomic mass is 9.83. The molecule has 1 atom stereocenters. The van der Waals surface area contributed by atoms with Gasteiger partial charge in [-0.05, 0) is 42.9 Å². The minimum Gasteiger partial charge on any atom is -0.271 e. The van der Waals surface area contributed by atoms with Crippen LogP contribution in [-0.4, -0.2) is 6.04 Å². The fourth-order valence-corrected chi connectivity index (χ4v) is 3.38. The Balaban J connectivity index is 1.97. The van der Waals surface area contributed by atoms with Gasteiger partial charge in [0.05, 0.1) is 0 Å². The summed E-state index contributed by atoms with van der Waals surface area (Å²) in [5.74, 6) is 6.50. The van der Waals surface area contributed by atoms with Crippen LogP contribution in [-0.2, 0) is 6.42 Å². The predicted molar refractivity (Wildman–Crippen MR) is 82.1 cm³/mol. The van der Waals surface area contributed by atoms with E-state index in [-0.39, 0.29) is 0 Å². The van der Waals surface area contributed by atoms with Crippen molar-refractivity contribution in [2.75, 3.05) is 0 Å². The highest BCUT2D eigenvalue weighted by atomic mass is 35.5. The second-order valence-corrected chi connectivity index (χ2v) is 6.15. The lowest BCUT2D eigenvalue weighted by molar-refractivity contribution is 0.285. The lowest BCUT2D eigenvalue weighted by Crippen LogP contribution is -2.42. The molecule has 0 aliphatic heterocycles. The van der Waals surface area contributed by atoms with E-state index >= 15 is 0 Å². The summed E-state index contributed by atoms with van der Waals surface area (Å²) in [4.78, 5) is 0. The van der Waals surface area contributed by atoms with Crippen LogP contribution in [0.15, 0.2) is 24.3 Å². The summed E-state index contributed by atoms with van der Waals surface area (Å²) in [5, 5.41) is 0.811. The third-order valence-electron chi connectivity index (χ3n) is 4.28. The minimum absolute atomic E-state index is 0.372. The largest absolute Gasteiger partial charge is 0.271 e. The van der Waals surface area contributed by atoms with Crippen LogP contribution in [0.5, 0.6) is 0 Å². The minimum atomic E-state index is 0.372. The first-order chi connectivity index (χ1) is 9.29. The molecule has 1 aromatic carbocycles. The van der Waals surface area contributed by atoms with Gasteiger partial charge in [0.1, 0.15) is 0 Å². The second-order valence-electron chi connectivity index (χ2n) is 5.71. The highest BCUT2D eigenvalue weighted by Gasteiger charge is 2.21. The fourth-order valence-electron chi connectivity index (χ4n) is 3.17. The van der Waals surface area contributed by atoms with Crippen molar-refractivity contribution in [3.63, 3.8) is 0 Å². The van der Waals surface area contributed by atoms with E-state index in [0.717, 1.165) is 11.4 Å². The van der Waals surface area contributed by atoms with Gasteiger partial charge in [-0.15, -0.1) is 0 Å². The zero-order chi connectivity index (χ0) is 13.5. The molecule has 0 spiro atoms. The molecule has 2 nitrogen and oxygen atoms in total. The fraction of sp³-hybridized carbons (Fsp3) is 0.625. The predicted octanol–water partition coefficient (Wildman–Crippen LogP) is 4.07. The standard InChI is InChI=1S/C16H25ClN2/c17-15-10-6-7-13(11-15)12-16(19-18)14-8-4-2-1-3-5-9-14/h6-7,10-11,14,16,19H,1-5,8-9,12,18H2. The normalized spacial score (nSPS) is 19.7. The average Bonchev–Trinajstić information content (AvgIpc) is 2.36. The van der Waals surface area contributed by atoms with Crippen molar-refractivity contribution in [2.24, 2.45) is 11.8 Å². The highest BCUT2D eigenvalue weighted by molar-refractivity contribution is 6.30. The first-order valence-electron chi connectivity index (χ1n) is 7.50. The topological polar surface area (TPSA) is 38.0 Å². The van der Waals surface area contributed by atoms with Gasteiger partial charge in [0.15, 0.2) is 0 Å². The van der Waals surface area contributed by atoms with Gasteiger partial charge in [-0.2, -0.15) is 0 Å². The number of benzene rings is 1. The van der Waals surface area contributed by atoms with E-state index in [1.165, 1.54) is 50.5 Å². The molecule has 0 radical (unpaired) electrons. The molecule has 1 aliphatic carbocycles. The van der Waals surface area contributed by atoms with Gasteiger partial charge in [-0.3, -0.25) is 11.3 Å². The zero-order valence-corrected chi connectivity index (χ0v) is 12.3. The zero-order valence-electron chi connectivity index (χ0n) is 11.6.